The van der Waals surface area contributed by atoms with Gasteiger partial charge < -0.3 is 20.3 Å². The van der Waals surface area contributed by atoms with Gasteiger partial charge in [0.25, 0.3) is 5.91 Å². The minimum Gasteiger partial charge on any atom is -0.493 e. The maximum absolute atomic E-state index is 12.6. The highest BCUT2D eigenvalue weighted by Gasteiger charge is 2.32. The summed E-state index contributed by atoms with van der Waals surface area (Å²) < 4.78 is 48.0. The summed E-state index contributed by atoms with van der Waals surface area (Å²) >= 11 is 1.06. The summed E-state index contributed by atoms with van der Waals surface area (Å²) in [6.45, 7) is 0.210. The Morgan fingerprint density at radius 1 is 1.23 bits per heavy atom. The van der Waals surface area contributed by atoms with Gasteiger partial charge in [-0.05, 0) is 35.9 Å². The molecule has 6 nitrogen and oxygen atoms in total. The molecule has 0 saturated heterocycles. The molecule has 4 rings (SSSR count). The molecule has 10 heteroatoms. The molecule has 3 aromatic rings. The fourth-order valence-corrected chi connectivity index (χ4v) is 4.61. The van der Waals surface area contributed by atoms with Crippen molar-refractivity contribution >= 4 is 33.3 Å². The number of carbonyl (C=O) groups is 2. The standard InChI is InChI=1S/C20H14F3NO5S/c21-20(22,23)29-11-2-4-15-13(7-11)17(18(30-15)19(24)27)9-1-3-14-12(5-9)10(8-28-14)6-16(25)26/h1-5,7,10H,6,8H2,(H2,24,27)(H,25,26). The second kappa shape index (κ2) is 7.21. The number of halogens is 3. The summed E-state index contributed by atoms with van der Waals surface area (Å²) in [6, 6.07) is 8.81. The van der Waals surface area contributed by atoms with E-state index < -0.39 is 24.0 Å². The van der Waals surface area contributed by atoms with Crippen LogP contribution in [0.5, 0.6) is 11.5 Å². The zero-order valence-electron chi connectivity index (χ0n) is 15.2. The van der Waals surface area contributed by atoms with Crippen LogP contribution >= 0.6 is 11.3 Å². The highest BCUT2D eigenvalue weighted by atomic mass is 32.1. The number of rotatable bonds is 5. The number of thiophene rings is 1. The molecule has 1 aromatic heterocycles. The molecule has 0 spiro atoms. The fourth-order valence-electron chi connectivity index (χ4n) is 3.55. The van der Waals surface area contributed by atoms with Crippen molar-refractivity contribution in [3.05, 3.63) is 46.8 Å². The number of aliphatic carboxylic acids is 1. The molecule has 1 amide bonds. The summed E-state index contributed by atoms with van der Waals surface area (Å²) in [6.07, 6.45) is -4.99. The van der Waals surface area contributed by atoms with Crippen LogP contribution in [0.15, 0.2) is 36.4 Å². The van der Waals surface area contributed by atoms with E-state index in [9.17, 15) is 22.8 Å². The molecule has 0 radical (unpaired) electrons. The number of nitrogens with two attached hydrogens (primary N) is 1. The Kier molecular flexibility index (Phi) is 4.81. The Morgan fingerprint density at radius 3 is 2.67 bits per heavy atom. The van der Waals surface area contributed by atoms with Crippen LogP contribution in [-0.4, -0.2) is 30.0 Å². The third-order valence-electron chi connectivity index (χ3n) is 4.72. The van der Waals surface area contributed by atoms with E-state index in [0.717, 1.165) is 11.3 Å². The van der Waals surface area contributed by atoms with Crippen LogP contribution in [0.3, 0.4) is 0 Å². The molecule has 0 aliphatic carbocycles. The van der Waals surface area contributed by atoms with Crippen LogP contribution in [0.2, 0.25) is 0 Å². The van der Waals surface area contributed by atoms with Crippen molar-refractivity contribution in [3.63, 3.8) is 0 Å². The molecule has 0 saturated carbocycles. The fraction of sp³-hybridized carbons (Fsp3) is 0.200. The lowest BCUT2D eigenvalue weighted by Gasteiger charge is -2.10. The highest BCUT2D eigenvalue weighted by molar-refractivity contribution is 7.21. The van der Waals surface area contributed by atoms with Gasteiger partial charge >= 0.3 is 12.3 Å². The third kappa shape index (κ3) is 3.78. The van der Waals surface area contributed by atoms with Crippen molar-refractivity contribution < 1.29 is 37.3 Å². The van der Waals surface area contributed by atoms with E-state index in [1.807, 2.05) is 0 Å². The number of amides is 1. The summed E-state index contributed by atoms with van der Waals surface area (Å²) in [5.74, 6) is -1.95. The van der Waals surface area contributed by atoms with Crippen LogP contribution < -0.4 is 15.2 Å². The lowest BCUT2D eigenvalue weighted by Crippen LogP contribution is -2.16. The van der Waals surface area contributed by atoms with Gasteiger partial charge in [-0.25, -0.2) is 0 Å². The van der Waals surface area contributed by atoms with E-state index in [1.165, 1.54) is 18.2 Å². The average molecular weight is 437 g/mol. The molecule has 1 aliphatic heterocycles. The predicted octanol–water partition coefficient (Wildman–Crippen LogP) is 4.52. The topological polar surface area (TPSA) is 98.9 Å². The zero-order chi connectivity index (χ0) is 21.6. The maximum Gasteiger partial charge on any atom is 0.573 e. The van der Waals surface area contributed by atoms with Gasteiger partial charge in [0.2, 0.25) is 0 Å². The van der Waals surface area contributed by atoms with Crippen molar-refractivity contribution in [2.45, 2.75) is 18.7 Å². The molecular weight excluding hydrogens is 423 g/mol. The Hall–Kier alpha value is -3.27. The summed E-state index contributed by atoms with van der Waals surface area (Å²) in [5, 5.41) is 9.49. The molecule has 2 heterocycles. The minimum atomic E-state index is -4.86. The summed E-state index contributed by atoms with van der Waals surface area (Å²) in [7, 11) is 0. The maximum atomic E-state index is 12.6. The van der Waals surface area contributed by atoms with Crippen LogP contribution in [-0.2, 0) is 4.79 Å². The number of benzene rings is 2. The van der Waals surface area contributed by atoms with Gasteiger partial charge in [-0.1, -0.05) is 6.07 Å². The molecule has 1 unspecified atom stereocenters. The first-order valence-corrected chi connectivity index (χ1v) is 9.55. The van der Waals surface area contributed by atoms with Crippen molar-refractivity contribution in [1.82, 2.24) is 0 Å². The van der Waals surface area contributed by atoms with Crippen LogP contribution in [0, 0.1) is 0 Å². The number of carboxylic acid groups (broad SMARTS) is 1. The molecule has 0 fully saturated rings. The van der Waals surface area contributed by atoms with E-state index >= 15 is 0 Å². The van der Waals surface area contributed by atoms with E-state index in [0.29, 0.717) is 32.5 Å². The SMILES string of the molecule is NC(=O)c1sc2ccc(OC(F)(F)F)cc2c1-c1ccc2c(c1)C(CC(=O)O)CO2. The van der Waals surface area contributed by atoms with Crippen molar-refractivity contribution in [2.75, 3.05) is 6.61 Å². The largest absolute Gasteiger partial charge is 0.573 e. The number of alkyl halides is 3. The first-order chi connectivity index (χ1) is 14.1. The Balaban J connectivity index is 1.87. The Morgan fingerprint density at radius 2 is 2.00 bits per heavy atom. The predicted molar refractivity (Wildman–Crippen MR) is 103 cm³/mol. The Bertz CT molecular complexity index is 1170. The van der Waals surface area contributed by atoms with Gasteiger partial charge in [0, 0.05) is 27.1 Å². The number of primary amides is 1. The molecule has 1 atom stereocenters. The molecule has 3 N–H and O–H groups in total. The first kappa shape index (κ1) is 20.0. The number of fused-ring (bicyclic) bond motifs is 2. The van der Waals surface area contributed by atoms with Gasteiger partial charge in [0.15, 0.2) is 0 Å². The number of ether oxygens (including phenoxy) is 2. The van der Waals surface area contributed by atoms with Gasteiger partial charge in [0.1, 0.15) is 16.4 Å². The monoisotopic (exact) mass is 437 g/mol. The van der Waals surface area contributed by atoms with Crippen molar-refractivity contribution in [2.24, 2.45) is 5.73 Å². The van der Waals surface area contributed by atoms with Gasteiger partial charge in [0.05, 0.1) is 13.0 Å². The molecule has 0 bridgehead atoms. The van der Waals surface area contributed by atoms with E-state index in [-0.39, 0.29) is 23.8 Å². The van der Waals surface area contributed by atoms with Crippen LogP contribution in [0.25, 0.3) is 21.2 Å². The normalized spacial score (nSPS) is 15.6. The van der Waals surface area contributed by atoms with Crippen molar-refractivity contribution in [1.29, 1.82) is 0 Å². The van der Waals surface area contributed by atoms with Gasteiger partial charge in [-0.3, -0.25) is 9.59 Å². The number of carboxylic acids is 1. The molecule has 1 aliphatic rings. The zero-order valence-corrected chi connectivity index (χ0v) is 16.0. The first-order valence-electron chi connectivity index (χ1n) is 8.73. The number of carbonyl (C=O) groups excluding carboxylic acids is 1. The molecule has 2 aromatic carbocycles. The van der Waals surface area contributed by atoms with Crippen LogP contribution in [0.1, 0.15) is 27.6 Å². The average Bonchev–Trinajstić information content (AvgIpc) is 3.21. The summed E-state index contributed by atoms with van der Waals surface area (Å²) in [5.41, 5.74) is 7.08. The van der Waals surface area contributed by atoms with Gasteiger partial charge in [-0.15, -0.1) is 24.5 Å². The Labute approximate surface area is 171 Å². The molecule has 156 valence electrons. The second-order valence-electron chi connectivity index (χ2n) is 6.73. The van der Waals surface area contributed by atoms with Gasteiger partial charge in [-0.2, -0.15) is 0 Å². The lowest BCUT2D eigenvalue weighted by atomic mass is 9.93. The van der Waals surface area contributed by atoms with Crippen LogP contribution in [0.4, 0.5) is 13.2 Å². The minimum absolute atomic E-state index is 0.132. The third-order valence-corrected chi connectivity index (χ3v) is 5.90. The lowest BCUT2D eigenvalue weighted by molar-refractivity contribution is -0.274. The summed E-state index contributed by atoms with van der Waals surface area (Å²) in [4.78, 5) is 23.4. The second-order valence-corrected chi connectivity index (χ2v) is 7.79. The number of hydrogen-bond donors (Lipinski definition) is 2. The van der Waals surface area contributed by atoms with E-state index in [2.05, 4.69) is 4.74 Å². The highest BCUT2D eigenvalue weighted by Crippen LogP contribution is 2.44. The number of hydrogen-bond acceptors (Lipinski definition) is 5. The molecular formula is C20H14F3NO5S. The van der Waals surface area contributed by atoms with E-state index in [1.54, 1.807) is 18.2 Å². The smallest absolute Gasteiger partial charge is 0.493 e. The molecule has 30 heavy (non-hydrogen) atoms. The van der Waals surface area contributed by atoms with Crippen molar-refractivity contribution in [3.8, 4) is 22.6 Å². The van der Waals surface area contributed by atoms with E-state index in [4.69, 9.17) is 15.6 Å². The quantitative estimate of drug-likeness (QED) is 0.612.